The molecule has 4 heterocycles. The first-order valence-corrected chi connectivity index (χ1v) is 18.0. The number of likely N-dealkylation sites (tertiary alicyclic amines) is 2. The lowest BCUT2D eigenvalue weighted by Gasteiger charge is -2.43. The Kier molecular flexibility index (Phi) is 11.7. The van der Waals surface area contributed by atoms with Gasteiger partial charge in [-0.3, -0.25) is 24.2 Å². The van der Waals surface area contributed by atoms with Crippen LogP contribution in [0, 0.1) is 11.8 Å². The minimum Gasteiger partial charge on any atom is -0.497 e. The van der Waals surface area contributed by atoms with E-state index in [1.807, 2.05) is 36.4 Å². The monoisotopic (exact) mass is 659 g/mol. The lowest BCUT2D eigenvalue weighted by Crippen LogP contribution is -2.57. The van der Waals surface area contributed by atoms with Gasteiger partial charge in [-0.2, -0.15) is 0 Å². The number of nitrogens with zero attached hydrogens (tertiary/aromatic N) is 2. The lowest BCUT2D eigenvalue weighted by molar-refractivity contribution is -0.127. The topological polar surface area (TPSA) is 112 Å². The first-order chi connectivity index (χ1) is 23.4. The Morgan fingerprint density at radius 2 is 1.65 bits per heavy atom. The smallest absolute Gasteiger partial charge is 0.224 e. The Morgan fingerprint density at radius 3 is 2.44 bits per heavy atom. The number of hydrogen-bond acceptors (Lipinski definition) is 7. The fourth-order valence-corrected chi connectivity index (χ4v) is 8.29. The van der Waals surface area contributed by atoms with Gasteiger partial charge in [-0.1, -0.05) is 36.4 Å². The summed E-state index contributed by atoms with van der Waals surface area (Å²) in [5.41, 5.74) is 2.42. The van der Waals surface area contributed by atoms with Crippen molar-refractivity contribution in [1.82, 2.24) is 25.8 Å². The van der Waals surface area contributed by atoms with Crippen molar-refractivity contribution < 1.29 is 23.9 Å². The summed E-state index contributed by atoms with van der Waals surface area (Å²) in [6, 6.07) is 16.5. The molecule has 2 aromatic carbocycles. The second kappa shape index (κ2) is 16.3. The van der Waals surface area contributed by atoms with E-state index in [0.717, 1.165) is 88.5 Å². The molecule has 4 aliphatic heterocycles. The van der Waals surface area contributed by atoms with E-state index in [1.54, 1.807) is 7.11 Å². The molecule has 3 N–H and O–H groups in total. The van der Waals surface area contributed by atoms with Crippen LogP contribution in [0.2, 0.25) is 0 Å². The van der Waals surface area contributed by atoms with Gasteiger partial charge in [0.25, 0.3) is 0 Å². The maximum atomic E-state index is 13.6. The maximum absolute atomic E-state index is 13.6. The summed E-state index contributed by atoms with van der Waals surface area (Å²) in [5.74, 6) is 1.38. The van der Waals surface area contributed by atoms with E-state index in [1.165, 1.54) is 5.56 Å². The standard InChI is InChI=1S/C38H53N5O5/c1-47-34-8-4-5-28(21-34)26-42-17-13-38(14-18-42)24-37(46)39-15-9-32-27-43(33-11-19-48-20-12-33)16-10-30(32)22-35(44)40-25-31-7-3-2-6-29(31)23-36(45)41-38/h2-8,21,30,32-33H,9-20,22-27H2,1H3,(H,39,46)(H,40,44)(H,41,45)/t30-,32-/m0/s1. The van der Waals surface area contributed by atoms with Crippen molar-refractivity contribution in [1.29, 1.82) is 0 Å². The molecule has 4 aliphatic rings. The minimum atomic E-state index is -0.615. The molecule has 2 aromatic rings. The fraction of sp³-hybridized carbons (Fsp3) is 0.605. The molecule has 6 rings (SSSR count). The van der Waals surface area contributed by atoms with E-state index in [-0.39, 0.29) is 36.5 Å². The van der Waals surface area contributed by atoms with Crippen molar-refractivity contribution in [2.75, 3.05) is 53.0 Å². The average Bonchev–Trinajstić information content (AvgIpc) is 3.10. The predicted octanol–water partition coefficient (Wildman–Crippen LogP) is 3.42. The number of benzene rings is 2. The van der Waals surface area contributed by atoms with Crippen molar-refractivity contribution in [3.63, 3.8) is 0 Å². The predicted molar refractivity (Wildman–Crippen MR) is 184 cm³/mol. The van der Waals surface area contributed by atoms with Crippen LogP contribution in [-0.2, 0) is 38.6 Å². The van der Waals surface area contributed by atoms with Crippen LogP contribution in [0.1, 0.15) is 68.1 Å². The second-order valence-corrected chi connectivity index (χ2v) is 14.3. The number of fused-ring (bicyclic) bond motifs is 2. The first-order valence-electron chi connectivity index (χ1n) is 18.0. The Morgan fingerprint density at radius 1 is 0.854 bits per heavy atom. The number of methoxy groups -OCH3 is 1. The van der Waals surface area contributed by atoms with Gasteiger partial charge in [0, 0.05) is 71.4 Å². The summed E-state index contributed by atoms with van der Waals surface area (Å²) in [4.78, 5) is 45.5. The Labute approximate surface area is 285 Å². The number of carbonyl (C=O) groups is 3. The normalized spacial score (nSPS) is 25.6. The quantitative estimate of drug-likeness (QED) is 0.462. The Hall–Kier alpha value is -3.47. The molecule has 3 saturated heterocycles. The Balaban J connectivity index is 1.17. The Bertz CT molecular complexity index is 1400. The average molecular weight is 660 g/mol. The second-order valence-electron chi connectivity index (χ2n) is 14.3. The highest BCUT2D eigenvalue weighted by Crippen LogP contribution is 2.32. The number of piperidine rings is 2. The molecule has 10 heteroatoms. The summed E-state index contributed by atoms with van der Waals surface area (Å²) < 4.78 is 11.0. The molecular formula is C38H53N5O5. The zero-order chi connectivity index (χ0) is 33.3. The van der Waals surface area contributed by atoms with Gasteiger partial charge < -0.3 is 25.4 Å². The SMILES string of the molecule is COc1cccc(CN2CCC3(CC2)CC(=O)NCC[C@H]2CN(C4CCOCC4)CC[C@H]2CC(=O)NCc2ccccc2CC(=O)N3)c1. The maximum Gasteiger partial charge on any atom is 0.224 e. The molecule has 0 aliphatic carbocycles. The van der Waals surface area contributed by atoms with E-state index in [4.69, 9.17) is 9.47 Å². The molecule has 48 heavy (non-hydrogen) atoms. The van der Waals surface area contributed by atoms with Gasteiger partial charge in [-0.05, 0) is 85.7 Å². The first kappa shape index (κ1) is 34.4. The summed E-state index contributed by atoms with van der Waals surface area (Å²) in [7, 11) is 1.68. The third-order valence-electron chi connectivity index (χ3n) is 11.1. The van der Waals surface area contributed by atoms with Gasteiger partial charge >= 0.3 is 0 Å². The molecule has 3 fully saturated rings. The third-order valence-corrected chi connectivity index (χ3v) is 11.1. The lowest BCUT2D eigenvalue weighted by atomic mass is 9.80. The van der Waals surface area contributed by atoms with Crippen LogP contribution in [0.4, 0.5) is 0 Å². The fourth-order valence-electron chi connectivity index (χ4n) is 8.29. The molecule has 1 spiro atoms. The van der Waals surface area contributed by atoms with Crippen molar-refractivity contribution in [3.05, 3.63) is 65.2 Å². The number of amides is 3. The van der Waals surface area contributed by atoms with E-state index in [9.17, 15) is 14.4 Å². The molecule has 0 aromatic heterocycles. The minimum absolute atomic E-state index is 0.0207. The number of ether oxygens (including phenoxy) is 2. The highest BCUT2D eigenvalue weighted by molar-refractivity contribution is 5.82. The van der Waals surface area contributed by atoms with Crippen LogP contribution in [0.15, 0.2) is 48.5 Å². The molecule has 0 unspecified atom stereocenters. The van der Waals surface area contributed by atoms with Gasteiger partial charge in [0.1, 0.15) is 5.75 Å². The van der Waals surface area contributed by atoms with E-state index in [0.29, 0.717) is 44.3 Å². The van der Waals surface area contributed by atoms with E-state index >= 15 is 0 Å². The van der Waals surface area contributed by atoms with Crippen LogP contribution in [0.25, 0.3) is 0 Å². The highest BCUT2D eigenvalue weighted by atomic mass is 16.5. The highest BCUT2D eigenvalue weighted by Gasteiger charge is 2.39. The summed E-state index contributed by atoms with van der Waals surface area (Å²) in [6.45, 7) is 6.89. The van der Waals surface area contributed by atoms with Crippen molar-refractivity contribution in [2.24, 2.45) is 11.8 Å². The third kappa shape index (κ3) is 9.15. The molecule has 0 saturated carbocycles. The van der Waals surface area contributed by atoms with Crippen LogP contribution >= 0.6 is 0 Å². The molecule has 260 valence electrons. The van der Waals surface area contributed by atoms with Crippen molar-refractivity contribution in [2.45, 2.75) is 82.5 Å². The van der Waals surface area contributed by atoms with Crippen LogP contribution in [0.3, 0.4) is 0 Å². The van der Waals surface area contributed by atoms with Crippen molar-refractivity contribution >= 4 is 17.7 Å². The summed E-state index contributed by atoms with van der Waals surface area (Å²) >= 11 is 0. The van der Waals surface area contributed by atoms with Crippen molar-refractivity contribution in [3.8, 4) is 5.75 Å². The van der Waals surface area contributed by atoms with Gasteiger partial charge in [-0.25, -0.2) is 0 Å². The van der Waals surface area contributed by atoms with Gasteiger partial charge in [0.05, 0.1) is 19.1 Å². The van der Waals surface area contributed by atoms with Crippen LogP contribution in [-0.4, -0.2) is 92.1 Å². The number of carbonyl (C=O) groups excluding carboxylic acids is 3. The molecule has 0 radical (unpaired) electrons. The number of nitrogens with one attached hydrogen (secondary N) is 3. The molecule has 0 bridgehead atoms. The molecule has 10 nitrogen and oxygen atoms in total. The summed E-state index contributed by atoms with van der Waals surface area (Å²) in [6.07, 6.45) is 6.26. The zero-order valence-corrected chi connectivity index (χ0v) is 28.5. The summed E-state index contributed by atoms with van der Waals surface area (Å²) in [5, 5.41) is 9.74. The van der Waals surface area contributed by atoms with E-state index < -0.39 is 5.54 Å². The molecule has 2 atom stereocenters. The number of rotatable bonds is 4. The largest absolute Gasteiger partial charge is 0.497 e. The molecular weight excluding hydrogens is 606 g/mol. The van der Waals surface area contributed by atoms with Crippen LogP contribution in [0.5, 0.6) is 5.75 Å². The van der Waals surface area contributed by atoms with Gasteiger partial charge in [-0.15, -0.1) is 0 Å². The van der Waals surface area contributed by atoms with E-state index in [2.05, 4.69) is 37.9 Å². The van der Waals surface area contributed by atoms with Gasteiger partial charge in [0.15, 0.2) is 0 Å². The van der Waals surface area contributed by atoms with Crippen LogP contribution < -0.4 is 20.7 Å². The zero-order valence-electron chi connectivity index (χ0n) is 28.5. The molecule has 3 amide bonds. The number of hydrogen-bond donors (Lipinski definition) is 3. The van der Waals surface area contributed by atoms with Gasteiger partial charge in [0.2, 0.25) is 17.7 Å².